The number of aryl methyl sites for hydroxylation is 1. The van der Waals surface area contributed by atoms with E-state index in [2.05, 4.69) is 22.4 Å². The number of H-pyrrole nitrogens is 1. The van der Waals surface area contributed by atoms with Gasteiger partial charge in [-0.1, -0.05) is 6.92 Å². The Labute approximate surface area is 122 Å². The molecular weight excluding hydrogens is 268 g/mol. The van der Waals surface area contributed by atoms with Crippen LogP contribution in [0.5, 0.6) is 0 Å². The average Bonchev–Trinajstić information content (AvgIpc) is 2.97. The zero-order valence-corrected chi connectivity index (χ0v) is 12.1. The number of amides is 1. The molecule has 1 fully saturated rings. The predicted molar refractivity (Wildman–Crippen MR) is 79.2 cm³/mol. The van der Waals surface area contributed by atoms with Gasteiger partial charge in [0.2, 0.25) is 5.91 Å². The predicted octanol–water partition coefficient (Wildman–Crippen LogP) is 1.64. The van der Waals surface area contributed by atoms with Crippen LogP contribution >= 0.6 is 0 Å². The number of carbonyl (C=O) groups excluding carboxylic acids is 1. The van der Waals surface area contributed by atoms with Crippen molar-refractivity contribution in [1.29, 1.82) is 0 Å². The molecule has 0 radical (unpaired) electrons. The first-order valence-electron chi connectivity index (χ1n) is 7.05. The van der Waals surface area contributed by atoms with Crippen molar-refractivity contribution in [3.05, 3.63) is 46.0 Å². The van der Waals surface area contributed by atoms with Gasteiger partial charge in [-0.25, -0.2) is 0 Å². The van der Waals surface area contributed by atoms with Crippen LogP contribution in [0.25, 0.3) is 0 Å². The van der Waals surface area contributed by atoms with Gasteiger partial charge >= 0.3 is 0 Å². The number of rotatable bonds is 4. The normalized spacial score (nSPS) is 20.3. The van der Waals surface area contributed by atoms with E-state index in [0.717, 1.165) is 17.7 Å². The van der Waals surface area contributed by atoms with Crippen LogP contribution in [0.1, 0.15) is 30.5 Å². The monoisotopic (exact) mass is 286 g/mol. The molecule has 21 heavy (non-hydrogen) atoms. The van der Waals surface area contributed by atoms with Gasteiger partial charge in [-0.15, -0.1) is 0 Å². The van der Waals surface area contributed by atoms with E-state index in [9.17, 15) is 9.59 Å². The van der Waals surface area contributed by atoms with Gasteiger partial charge in [0.25, 0.3) is 5.56 Å². The lowest BCUT2D eigenvalue weighted by molar-refractivity contribution is -0.116. The number of anilines is 1. The van der Waals surface area contributed by atoms with Gasteiger partial charge in [-0.3, -0.25) is 14.7 Å². The van der Waals surface area contributed by atoms with E-state index in [0.29, 0.717) is 17.7 Å². The fourth-order valence-electron chi connectivity index (χ4n) is 2.42. The van der Waals surface area contributed by atoms with E-state index in [-0.39, 0.29) is 18.0 Å². The fourth-order valence-corrected chi connectivity index (χ4v) is 2.42. The second-order valence-electron chi connectivity index (χ2n) is 5.75. The summed E-state index contributed by atoms with van der Waals surface area (Å²) in [5, 5.41) is 9.75. The van der Waals surface area contributed by atoms with Gasteiger partial charge in [0, 0.05) is 29.9 Å². The minimum absolute atomic E-state index is 0.0128. The van der Waals surface area contributed by atoms with Crippen LogP contribution in [0.4, 0.5) is 5.82 Å². The Hall–Kier alpha value is -2.37. The van der Waals surface area contributed by atoms with Gasteiger partial charge in [0.1, 0.15) is 6.54 Å². The maximum absolute atomic E-state index is 12.0. The van der Waals surface area contributed by atoms with Crippen molar-refractivity contribution in [2.24, 2.45) is 5.92 Å². The van der Waals surface area contributed by atoms with Crippen LogP contribution in [-0.2, 0) is 11.3 Å². The van der Waals surface area contributed by atoms with Crippen LogP contribution in [0.15, 0.2) is 29.2 Å². The fraction of sp³-hybridized carbons (Fsp3) is 0.400. The molecule has 2 heterocycles. The third kappa shape index (κ3) is 3.04. The molecule has 110 valence electrons. The average molecular weight is 286 g/mol. The summed E-state index contributed by atoms with van der Waals surface area (Å²) in [4.78, 5) is 23.7. The van der Waals surface area contributed by atoms with E-state index in [1.165, 1.54) is 10.6 Å². The molecule has 2 N–H and O–H groups in total. The van der Waals surface area contributed by atoms with E-state index >= 15 is 0 Å². The highest BCUT2D eigenvalue weighted by molar-refractivity contribution is 5.89. The van der Waals surface area contributed by atoms with Crippen LogP contribution in [-0.4, -0.2) is 20.7 Å². The summed E-state index contributed by atoms with van der Waals surface area (Å²) in [5.74, 6) is 1.46. The largest absolute Gasteiger partial charge is 0.308 e. The summed E-state index contributed by atoms with van der Waals surface area (Å²) >= 11 is 0. The van der Waals surface area contributed by atoms with Crippen LogP contribution in [0.2, 0.25) is 0 Å². The molecule has 0 aromatic carbocycles. The number of aromatic nitrogens is 3. The molecule has 0 aliphatic heterocycles. The Morgan fingerprint density at radius 3 is 2.95 bits per heavy atom. The Bertz CT molecular complexity index is 731. The molecule has 0 bridgehead atoms. The highest BCUT2D eigenvalue weighted by Crippen LogP contribution is 2.46. The van der Waals surface area contributed by atoms with E-state index in [4.69, 9.17) is 0 Å². The van der Waals surface area contributed by atoms with Crippen molar-refractivity contribution in [2.45, 2.75) is 32.7 Å². The summed E-state index contributed by atoms with van der Waals surface area (Å²) in [6, 6.07) is 5.17. The lowest BCUT2D eigenvalue weighted by Crippen LogP contribution is -2.26. The molecular formula is C15H18N4O2. The van der Waals surface area contributed by atoms with Crippen LogP contribution in [0, 0.1) is 12.8 Å². The van der Waals surface area contributed by atoms with Crippen molar-refractivity contribution in [3.63, 3.8) is 0 Å². The lowest BCUT2D eigenvalue weighted by atomic mass is 10.2. The number of nitrogens with zero attached hydrogens (tertiary/aromatic N) is 2. The summed E-state index contributed by atoms with van der Waals surface area (Å²) in [7, 11) is 0. The van der Waals surface area contributed by atoms with Gasteiger partial charge in [-0.2, -0.15) is 5.10 Å². The molecule has 6 heteroatoms. The minimum atomic E-state index is -0.261. The molecule has 1 amide bonds. The SMILES string of the molecule is Cc1ccn(CC(=O)Nc2cc(C3CC3C)[nH]n2)c(=O)c1. The number of pyridine rings is 1. The van der Waals surface area contributed by atoms with Crippen molar-refractivity contribution >= 4 is 11.7 Å². The number of hydrogen-bond acceptors (Lipinski definition) is 3. The van der Waals surface area contributed by atoms with Gasteiger partial charge in [0.15, 0.2) is 5.82 Å². The standard InChI is InChI=1S/C15H18N4O2/c1-9-3-4-19(15(21)5-9)8-14(20)16-13-7-12(17-18-13)11-6-10(11)2/h3-5,7,10-11H,6,8H2,1-2H3,(H2,16,17,18,20). The Balaban J connectivity index is 1.63. The third-order valence-corrected chi connectivity index (χ3v) is 3.84. The maximum atomic E-state index is 12.0. The second kappa shape index (κ2) is 5.20. The number of hydrogen-bond donors (Lipinski definition) is 2. The maximum Gasteiger partial charge on any atom is 0.251 e. The van der Waals surface area contributed by atoms with E-state index in [1.54, 1.807) is 12.3 Å². The van der Waals surface area contributed by atoms with E-state index < -0.39 is 0 Å². The molecule has 0 spiro atoms. The van der Waals surface area contributed by atoms with Crippen molar-refractivity contribution in [1.82, 2.24) is 14.8 Å². The van der Waals surface area contributed by atoms with Crippen molar-refractivity contribution < 1.29 is 4.79 Å². The molecule has 1 aliphatic rings. The highest BCUT2D eigenvalue weighted by atomic mass is 16.2. The molecule has 3 rings (SSSR count). The Morgan fingerprint density at radius 1 is 1.52 bits per heavy atom. The number of aromatic amines is 1. The quantitative estimate of drug-likeness (QED) is 0.896. The molecule has 1 saturated carbocycles. The highest BCUT2D eigenvalue weighted by Gasteiger charge is 2.35. The summed E-state index contributed by atoms with van der Waals surface area (Å²) in [6.45, 7) is 4.02. The molecule has 1 aliphatic carbocycles. The second-order valence-corrected chi connectivity index (χ2v) is 5.75. The minimum Gasteiger partial charge on any atom is -0.308 e. The summed E-state index contributed by atoms with van der Waals surface area (Å²) in [5.41, 5.74) is 1.76. The third-order valence-electron chi connectivity index (χ3n) is 3.84. The van der Waals surface area contributed by atoms with Gasteiger partial charge in [-0.05, 0) is 30.9 Å². The van der Waals surface area contributed by atoms with Crippen LogP contribution in [0.3, 0.4) is 0 Å². The molecule has 2 unspecified atom stereocenters. The Morgan fingerprint density at radius 2 is 2.29 bits per heavy atom. The van der Waals surface area contributed by atoms with Crippen LogP contribution < -0.4 is 10.9 Å². The van der Waals surface area contributed by atoms with Gasteiger partial charge < -0.3 is 9.88 Å². The molecule has 2 atom stereocenters. The summed E-state index contributed by atoms with van der Waals surface area (Å²) in [6.07, 6.45) is 2.79. The molecule has 6 nitrogen and oxygen atoms in total. The topological polar surface area (TPSA) is 79.8 Å². The number of carbonyl (C=O) groups is 1. The molecule has 2 aromatic heterocycles. The first-order valence-corrected chi connectivity index (χ1v) is 7.05. The van der Waals surface area contributed by atoms with Gasteiger partial charge in [0.05, 0.1) is 0 Å². The zero-order valence-electron chi connectivity index (χ0n) is 12.1. The summed E-state index contributed by atoms with van der Waals surface area (Å²) < 4.78 is 1.37. The smallest absolute Gasteiger partial charge is 0.251 e. The Kier molecular flexibility index (Phi) is 3.37. The zero-order chi connectivity index (χ0) is 15.0. The molecule has 0 saturated heterocycles. The van der Waals surface area contributed by atoms with Crippen molar-refractivity contribution in [2.75, 3.05) is 5.32 Å². The molecule has 2 aromatic rings. The first-order chi connectivity index (χ1) is 10.0. The number of nitrogens with one attached hydrogen (secondary N) is 2. The van der Waals surface area contributed by atoms with E-state index in [1.807, 2.05) is 13.0 Å². The lowest BCUT2D eigenvalue weighted by Gasteiger charge is -2.05. The first kappa shape index (κ1) is 13.6. The van der Waals surface area contributed by atoms with Crippen molar-refractivity contribution in [3.8, 4) is 0 Å².